The van der Waals surface area contributed by atoms with Crippen molar-refractivity contribution in [3.05, 3.63) is 58.6 Å². The van der Waals surface area contributed by atoms with E-state index in [0.29, 0.717) is 10.0 Å². The first-order valence-electron chi connectivity index (χ1n) is 5.50. The number of aryl methyl sites for hydroxylation is 1. The van der Waals surface area contributed by atoms with Crippen LogP contribution in [0.2, 0.25) is 5.02 Å². The topological polar surface area (TPSA) is 38.0 Å². The van der Waals surface area contributed by atoms with Crippen LogP contribution in [0.3, 0.4) is 0 Å². The fraction of sp³-hybridized carbons (Fsp3) is 0.0714. The van der Waals surface area contributed by atoms with Crippen LogP contribution in [0.15, 0.2) is 42.5 Å². The molecule has 0 amide bonds. The number of halogens is 1. The van der Waals surface area contributed by atoms with E-state index in [9.17, 15) is 0 Å². The van der Waals surface area contributed by atoms with Gasteiger partial charge < -0.3 is 11.1 Å². The smallest absolute Gasteiger partial charge is 0.104 e. The van der Waals surface area contributed by atoms with Gasteiger partial charge in [-0.2, -0.15) is 0 Å². The van der Waals surface area contributed by atoms with Gasteiger partial charge in [0.2, 0.25) is 0 Å². The lowest BCUT2D eigenvalue weighted by atomic mass is 10.1. The van der Waals surface area contributed by atoms with Gasteiger partial charge in [0.15, 0.2) is 0 Å². The van der Waals surface area contributed by atoms with Gasteiger partial charge in [0.1, 0.15) is 4.99 Å². The number of benzene rings is 2. The average molecular weight is 277 g/mol. The van der Waals surface area contributed by atoms with Gasteiger partial charge in [0.05, 0.1) is 10.7 Å². The van der Waals surface area contributed by atoms with E-state index in [1.807, 2.05) is 49.4 Å². The molecule has 2 aromatic carbocycles. The molecule has 0 heterocycles. The summed E-state index contributed by atoms with van der Waals surface area (Å²) in [5, 5.41) is 3.95. The third-order valence-electron chi connectivity index (χ3n) is 2.64. The van der Waals surface area contributed by atoms with Gasteiger partial charge in [0.25, 0.3) is 0 Å². The largest absolute Gasteiger partial charge is 0.389 e. The number of nitrogens with two attached hydrogens (primary N) is 1. The van der Waals surface area contributed by atoms with Crippen molar-refractivity contribution in [1.29, 1.82) is 0 Å². The second-order valence-electron chi connectivity index (χ2n) is 4.00. The van der Waals surface area contributed by atoms with Gasteiger partial charge in [-0.25, -0.2) is 0 Å². The van der Waals surface area contributed by atoms with Crippen molar-refractivity contribution < 1.29 is 0 Å². The van der Waals surface area contributed by atoms with Crippen molar-refractivity contribution in [3.63, 3.8) is 0 Å². The van der Waals surface area contributed by atoms with E-state index < -0.39 is 0 Å². The predicted molar refractivity (Wildman–Crippen MR) is 81.8 cm³/mol. The van der Waals surface area contributed by atoms with Crippen LogP contribution >= 0.6 is 23.8 Å². The van der Waals surface area contributed by atoms with Gasteiger partial charge in [-0.15, -0.1) is 0 Å². The van der Waals surface area contributed by atoms with Crippen LogP contribution in [-0.2, 0) is 0 Å². The Morgan fingerprint density at radius 1 is 1.22 bits per heavy atom. The molecule has 0 aliphatic heterocycles. The molecule has 92 valence electrons. The Morgan fingerprint density at radius 3 is 2.56 bits per heavy atom. The number of thiocarbonyl (C=S) groups is 1. The molecule has 0 aliphatic carbocycles. The Balaban J connectivity index is 2.29. The van der Waals surface area contributed by atoms with Gasteiger partial charge >= 0.3 is 0 Å². The molecule has 18 heavy (non-hydrogen) atoms. The van der Waals surface area contributed by atoms with Crippen molar-refractivity contribution in [2.45, 2.75) is 6.92 Å². The van der Waals surface area contributed by atoms with E-state index >= 15 is 0 Å². The third kappa shape index (κ3) is 2.81. The van der Waals surface area contributed by atoms with Crippen molar-refractivity contribution in [3.8, 4) is 0 Å². The average Bonchev–Trinajstić information content (AvgIpc) is 2.32. The minimum atomic E-state index is 0.414. The molecule has 3 N–H and O–H groups in total. The molecule has 0 spiro atoms. The minimum Gasteiger partial charge on any atom is -0.389 e. The highest BCUT2D eigenvalue weighted by Crippen LogP contribution is 2.25. The first kappa shape index (κ1) is 12.9. The summed E-state index contributed by atoms with van der Waals surface area (Å²) in [7, 11) is 0. The zero-order valence-electron chi connectivity index (χ0n) is 9.91. The molecule has 2 nitrogen and oxygen atoms in total. The predicted octanol–water partition coefficient (Wildman–Crippen LogP) is 4.03. The lowest BCUT2D eigenvalue weighted by Crippen LogP contribution is -2.11. The van der Waals surface area contributed by atoms with E-state index in [4.69, 9.17) is 29.6 Å². The second kappa shape index (κ2) is 5.38. The first-order chi connectivity index (χ1) is 8.58. The highest BCUT2D eigenvalue weighted by molar-refractivity contribution is 7.80. The third-order valence-corrected chi connectivity index (χ3v) is 3.19. The maximum atomic E-state index is 6.09. The van der Waals surface area contributed by atoms with Crippen molar-refractivity contribution in [2.24, 2.45) is 5.73 Å². The first-order valence-corrected chi connectivity index (χ1v) is 6.28. The quantitative estimate of drug-likeness (QED) is 0.832. The maximum absolute atomic E-state index is 6.09. The highest BCUT2D eigenvalue weighted by atomic mass is 35.5. The fourth-order valence-electron chi connectivity index (χ4n) is 1.74. The zero-order valence-corrected chi connectivity index (χ0v) is 11.5. The van der Waals surface area contributed by atoms with E-state index in [1.165, 1.54) is 0 Å². The number of nitrogens with one attached hydrogen (secondary N) is 1. The van der Waals surface area contributed by atoms with Crippen molar-refractivity contribution >= 4 is 40.2 Å². The number of hydrogen-bond donors (Lipinski definition) is 2. The van der Waals surface area contributed by atoms with Crippen LogP contribution in [0.1, 0.15) is 11.1 Å². The summed E-state index contributed by atoms with van der Waals surface area (Å²) in [4.78, 5) is 0.414. The molecule has 2 aromatic rings. The number of rotatable bonds is 3. The molecular weight excluding hydrogens is 264 g/mol. The number of para-hydroxylation sites is 1. The minimum absolute atomic E-state index is 0.414. The zero-order chi connectivity index (χ0) is 13.1. The molecular formula is C14H13ClN2S. The Bertz CT molecular complexity index is 596. The van der Waals surface area contributed by atoms with Gasteiger partial charge in [-0.1, -0.05) is 36.0 Å². The molecule has 2 rings (SSSR count). The second-order valence-corrected chi connectivity index (χ2v) is 4.85. The van der Waals surface area contributed by atoms with Gasteiger partial charge in [0, 0.05) is 11.3 Å². The molecule has 0 radical (unpaired) electrons. The molecule has 0 unspecified atom stereocenters. The van der Waals surface area contributed by atoms with E-state index in [1.54, 1.807) is 0 Å². The molecule has 4 heteroatoms. The SMILES string of the molecule is Cc1cc(Nc2ccccc2Cl)ccc1C(N)=S. The summed E-state index contributed by atoms with van der Waals surface area (Å²) in [6, 6.07) is 13.5. The van der Waals surface area contributed by atoms with Crippen molar-refractivity contribution in [1.82, 2.24) is 0 Å². The summed E-state index contributed by atoms with van der Waals surface area (Å²) in [6.07, 6.45) is 0. The molecule has 0 saturated heterocycles. The maximum Gasteiger partial charge on any atom is 0.104 e. The van der Waals surface area contributed by atoms with E-state index in [-0.39, 0.29) is 0 Å². The number of anilines is 2. The summed E-state index contributed by atoms with van der Waals surface area (Å²) < 4.78 is 0. The van der Waals surface area contributed by atoms with E-state index in [0.717, 1.165) is 22.5 Å². The van der Waals surface area contributed by atoms with Crippen LogP contribution in [0.5, 0.6) is 0 Å². The summed E-state index contributed by atoms with van der Waals surface area (Å²) in [5.41, 5.74) is 9.41. The van der Waals surface area contributed by atoms with Crippen LogP contribution in [-0.4, -0.2) is 4.99 Å². The molecule has 0 fully saturated rings. The highest BCUT2D eigenvalue weighted by Gasteiger charge is 2.04. The standard InChI is InChI=1S/C14H13ClN2S/c1-9-8-10(6-7-11(9)14(16)18)17-13-5-3-2-4-12(13)15/h2-8,17H,1H3,(H2,16,18). The molecule has 0 saturated carbocycles. The summed E-state index contributed by atoms with van der Waals surface area (Å²) in [6.45, 7) is 1.98. The molecule has 0 aliphatic rings. The Morgan fingerprint density at radius 2 is 1.94 bits per heavy atom. The monoisotopic (exact) mass is 276 g/mol. The molecule has 0 atom stereocenters. The van der Waals surface area contributed by atoms with Gasteiger partial charge in [-0.05, 0) is 42.8 Å². The molecule has 0 bridgehead atoms. The fourth-order valence-corrected chi connectivity index (χ4v) is 2.15. The lowest BCUT2D eigenvalue weighted by Gasteiger charge is -2.11. The number of hydrogen-bond acceptors (Lipinski definition) is 2. The Kier molecular flexibility index (Phi) is 3.84. The van der Waals surface area contributed by atoms with Crippen LogP contribution in [0.25, 0.3) is 0 Å². The lowest BCUT2D eigenvalue weighted by molar-refractivity contribution is 1.42. The van der Waals surface area contributed by atoms with Crippen molar-refractivity contribution in [2.75, 3.05) is 5.32 Å². The van der Waals surface area contributed by atoms with Crippen LogP contribution in [0.4, 0.5) is 11.4 Å². The van der Waals surface area contributed by atoms with Crippen LogP contribution < -0.4 is 11.1 Å². The summed E-state index contributed by atoms with van der Waals surface area (Å²) in [5.74, 6) is 0. The molecule has 0 aromatic heterocycles. The Labute approximate surface area is 117 Å². The summed E-state index contributed by atoms with van der Waals surface area (Å²) >= 11 is 11.1. The van der Waals surface area contributed by atoms with Gasteiger partial charge in [-0.3, -0.25) is 0 Å². The van der Waals surface area contributed by atoms with E-state index in [2.05, 4.69) is 5.32 Å². The van der Waals surface area contributed by atoms with Crippen LogP contribution in [0, 0.1) is 6.92 Å². The normalized spacial score (nSPS) is 10.1. The Hall–Kier alpha value is -1.58.